The smallest absolute Gasteiger partial charge is 0.107 e. The Morgan fingerprint density at radius 3 is 2.57 bits per heavy atom. The lowest BCUT2D eigenvalue weighted by atomic mass is 10.2. The van der Waals surface area contributed by atoms with Crippen LogP contribution in [0.25, 0.3) is 10.4 Å². The molecule has 0 spiro atoms. The Balaban J connectivity index is 1.61. The number of benzene rings is 2. The van der Waals surface area contributed by atoms with Crippen LogP contribution >= 0.6 is 46.1 Å². The minimum Gasteiger partial charge on any atom is -0.306 e. The Kier molecular flexibility index (Phi) is 5.57. The van der Waals surface area contributed by atoms with Gasteiger partial charge in [0.15, 0.2) is 0 Å². The molecular weight excluding hydrogens is 371 g/mol. The molecule has 0 aliphatic carbocycles. The summed E-state index contributed by atoms with van der Waals surface area (Å²) in [6.07, 6.45) is 1.88. The van der Waals surface area contributed by atoms with Gasteiger partial charge in [0.2, 0.25) is 0 Å². The van der Waals surface area contributed by atoms with E-state index < -0.39 is 0 Å². The Morgan fingerprint density at radius 2 is 1.78 bits per heavy atom. The summed E-state index contributed by atoms with van der Waals surface area (Å²) in [7, 11) is 0. The van der Waals surface area contributed by atoms with E-state index in [4.69, 9.17) is 34.8 Å². The van der Waals surface area contributed by atoms with Crippen molar-refractivity contribution in [3.8, 4) is 10.4 Å². The van der Waals surface area contributed by atoms with Crippen molar-refractivity contribution in [3.63, 3.8) is 0 Å². The van der Waals surface area contributed by atoms with Crippen molar-refractivity contribution < 1.29 is 0 Å². The SMILES string of the molecule is Clc1cccc(-c2cnc(CNCc3ccc(Cl)cc3Cl)s2)c1. The van der Waals surface area contributed by atoms with E-state index in [9.17, 15) is 0 Å². The minimum absolute atomic E-state index is 0.643. The van der Waals surface area contributed by atoms with E-state index >= 15 is 0 Å². The average Bonchev–Trinajstić information content (AvgIpc) is 2.98. The predicted molar refractivity (Wildman–Crippen MR) is 99.6 cm³/mol. The Hall–Kier alpha value is -1.10. The van der Waals surface area contributed by atoms with E-state index in [0.29, 0.717) is 23.1 Å². The summed E-state index contributed by atoms with van der Waals surface area (Å²) in [5, 5.41) is 6.41. The van der Waals surface area contributed by atoms with Crippen LogP contribution in [0.1, 0.15) is 10.6 Å². The molecule has 0 saturated heterocycles. The molecule has 0 radical (unpaired) electrons. The maximum absolute atomic E-state index is 6.16. The first-order valence-corrected chi connectivity index (χ1v) is 8.92. The highest BCUT2D eigenvalue weighted by Gasteiger charge is 2.06. The molecule has 1 N–H and O–H groups in total. The number of nitrogens with zero attached hydrogens (tertiary/aromatic N) is 1. The quantitative estimate of drug-likeness (QED) is 0.579. The molecule has 0 amide bonds. The van der Waals surface area contributed by atoms with Crippen LogP contribution in [0, 0.1) is 0 Å². The van der Waals surface area contributed by atoms with Crippen molar-refractivity contribution in [1.29, 1.82) is 0 Å². The van der Waals surface area contributed by atoms with Gasteiger partial charge in [0.25, 0.3) is 0 Å². The molecule has 0 saturated carbocycles. The zero-order valence-corrected chi connectivity index (χ0v) is 15.1. The van der Waals surface area contributed by atoms with Crippen molar-refractivity contribution in [2.75, 3.05) is 0 Å². The maximum atomic E-state index is 6.16. The lowest BCUT2D eigenvalue weighted by molar-refractivity contribution is 0.690. The molecule has 0 bridgehead atoms. The number of hydrogen-bond acceptors (Lipinski definition) is 3. The van der Waals surface area contributed by atoms with Gasteiger partial charge in [-0.1, -0.05) is 53.0 Å². The standard InChI is InChI=1S/C17H13Cl3N2S/c18-13-3-1-2-11(6-13)16-9-22-17(23-16)10-21-8-12-4-5-14(19)7-15(12)20/h1-7,9,21H,8,10H2. The molecular formula is C17H13Cl3N2S. The first-order valence-electron chi connectivity index (χ1n) is 6.97. The van der Waals surface area contributed by atoms with Crippen LogP contribution in [-0.4, -0.2) is 4.98 Å². The zero-order chi connectivity index (χ0) is 16.2. The van der Waals surface area contributed by atoms with E-state index in [0.717, 1.165) is 26.0 Å². The summed E-state index contributed by atoms with van der Waals surface area (Å²) in [5.74, 6) is 0. The summed E-state index contributed by atoms with van der Waals surface area (Å²) < 4.78 is 0. The van der Waals surface area contributed by atoms with Gasteiger partial charge in [-0.3, -0.25) is 0 Å². The average molecular weight is 384 g/mol. The van der Waals surface area contributed by atoms with Crippen molar-refractivity contribution in [3.05, 3.63) is 74.3 Å². The summed E-state index contributed by atoms with van der Waals surface area (Å²) in [6.45, 7) is 1.35. The molecule has 0 unspecified atom stereocenters. The summed E-state index contributed by atoms with van der Waals surface area (Å²) >= 11 is 19.7. The summed E-state index contributed by atoms with van der Waals surface area (Å²) in [4.78, 5) is 5.55. The van der Waals surface area contributed by atoms with E-state index in [-0.39, 0.29) is 0 Å². The fourth-order valence-corrected chi connectivity index (χ4v) is 3.69. The maximum Gasteiger partial charge on any atom is 0.107 e. The first kappa shape index (κ1) is 16.7. The van der Waals surface area contributed by atoms with Crippen LogP contribution < -0.4 is 5.32 Å². The lowest BCUT2D eigenvalue weighted by Crippen LogP contribution is -2.12. The first-order chi connectivity index (χ1) is 11.1. The third kappa shape index (κ3) is 4.46. The summed E-state index contributed by atoms with van der Waals surface area (Å²) in [6, 6.07) is 13.3. The number of aromatic nitrogens is 1. The fraction of sp³-hybridized carbons (Fsp3) is 0.118. The van der Waals surface area contributed by atoms with Gasteiger partial charge in [0, 0.05) is 34.4 Å². The molecule has 1 heterocycles. The van der Waals surface area contributed by atoms with Crippen LogP contribution in [0.3, 0.4) is 0 Å². The number of rotatable bonds is 5. The van der Waals surface area contributed by atoms with E-state index in [2.05, 4.69) is 10.3 Å². The second-order valence-corrected chi connectivity index (χ2v) is 7.36. The molecule has 0 aliphatic rings. The highest BCUT2D eigenvalue weighted by Crippen LogP contribution is 2.28. The number of halogens is 3. The molecule has 118 valence electrons. The number of hydrogen-bond donors (Lipinski definition) is 1. The molecule has 0 atom stereocenters. The van der Waals surface area contributed by atoms with Gasteiger partial charge in [-0.15, -0.1) is 11.3 Å². The van der Waals surface area contributed by atoms with Gasteiger partial charge in [-0.2, -0.15) is 0 Å². The van der Waals surface area contributed by atoms with E-state index in [1.54, 1.807) is 17.4 Å². The highest BCUT2D eigenvalue weighted by molar-refractivity contribution is 7.15. The molecule has 1 aromatic heterocycles. The van der Waals surface area contributed by atoms with Gasteiger partial charge in [-0.05, 0) is 35.4 Å². The third-order valence-electron chi connectivity index (χ3n) is 3.27. The van der Waals surface area contributed by atoms with Crippen LogP contribution in [-0.2, 0) is 13.1 Å². The normalized spacial score (nSPS) is 10.9. The Bertz CT molecular complexity index is 817. The largest absolute Gasteiger partial charge is 0.306 e. The Morgan fingerprint density at radius 1 is 0.957 bits per heavy atom. The van der Waals surface area contributed by atoms with Crippen LogP contribution in [0.4, 0.5) is 0 Å². The van der Waals surface area contributed by atoms with Crippen molar-refractivity contribution in [2.45, 2.75) is 13.1 Å². The van der Waals surface area contributed by atoms with Gasteiger partial charge < -0.3 is 5.32 Å². The second kappa shape index (κ2) is 7.65. The molecule has 6 heteroatoms. The van der Waals surface area contributed by atoms with Crippen LogP contribution in [0.5, 0.6) is 0 Å². The molecule has 0 fully saturated rings. The van der Waals surface area contributed by atoms with Gasteiger partial charge in [0.05, 0.1) is 4.88 Å². The lowest BCUT2D eigenvalue weighted by Gasteiger charge is -2.05. The molecule has 2 aromatic carbocycles. The third-order valence-corrected chi connectivity index (χ3v) is 5.14. The molecule has 3 rings (SSSR count). The predicted octanol–water partition coefficient (Wildman–Crippen LogP) is 6.06. The van der Waals surface area contributed by atoms with Crippen LogP contribution in [0.15, 0.2) is 48.7 Å². The fourth-order valence-electron chi connectivity index (χ4n) is 2.14. The Labute approximate surface area is 154 Å². The summed E-state index contributed by atoms with van der Waals surface area (Å²) in [5.41, 5.74) is 2.10. The topological polar surface area (TPSA) is 24.9 Å². The molecule has 23 heavy (non-hydrogen) atoms. The number of thiazole rings is 1. The van der Waals surface area contributed by atoms with Crippen LogP contribution in [0.2, 0.25) is 15.1 Å². The van der Waals surface area contributed by atoms with Crippen molar-refractivity contribution in [2.24, 2.45) is 0 Å². The highest BCUT2D eigenvalue weighted by atomic mass is 35.5. The van der Waals surface area contributed by atoms with Crippen molar-refractivity contribution >= 4 is 46.1 Å². The van der Waals surface area contributed by atoms with Crippen molar-refractivity contribution in [1.82, 2.24) is 10.3 Å². The monoisotopic (exact) mass is 382 g/mol. The molecule has 0 aliphatic heterocycles. The number of nitrogens with one attached hydrogen (secondary N) is 1. The van der Waals surface area contributed by atoms with Gasteiger partial charge in [0.1, 0.15) is 5.01 Å². The second-order valence-electron chi connectivity index (χ2n) is 4.97. The molecule has 2 nitrogen and oxygen atoms in total. The van der Waals surface area contributed by atoms with Gasteiger partial charge in [-0.25, -0.2) is 4.98 Å². The van der Waals surface area contributed by atoms with E-state index in [1.165, 1.54) is 0 Å². The van der Waals surface area contributed by atoms with E-state index in [1.807, 2.05) is 42.6 Å². The van der Waals surface area contributed by atoms with Gasteiger partial charge >= 0.3 is 0 Å². The minimum atomic E-state index is 0.643. The zero-order valence-electron chi connectivity index (χ0n) is 12.0. The molecule has 3 aromatic rings.